The van der Waals surface area contributed by atoms with Crippen molar-refractivity contribution in [1.29, 1.82) is 0 Å². The monoisotopic (exact) mass is 467 g/mol. The minimum absolute atomic E-state index is 0.526. The van der Waals surface area contributed by atoms with Gasteiger partial charge in [0.25, 0.3) is 0 Å². The first-order valence-corrected chi connectivity index (χ1v) is 16.4. The SMILES string of the molecule is CC1CCCCC[C@@H](C2CC3CCC4(CCC3C2)CC2CCC2C4)CCCCCC2C(N)CC12. The Labute approximate surface area is 212 Å². The molecule has 6 aliphatic carbocycles. The predicted octanol–water partition coefficient (Wildman–Crippen LogP) is 9.14. The van der Waals surface area contributed by atoms with Gasteiger partial charge < -0.3 is 5.73 Å². The van der Waals surface area contributed by atoms with Gasteiger partial charge in [0.05, 0.1) is 0 Å². The van der Waals surface area contributed by atoms with Crippen LogP contribution in [0.4, 0.5) is 0 Å². The minimum atomic E-state index is 0.526. The fourth-order valence-electron chi connectivity index (χ4n) is 10.9. The molecule has 0 aromatic carbocycles. The molecule has 34 heavy (non-hydrogen) atoms. The molecule has 9 atom stereocenters. The van der Waals surface area contributed by atoms with Crippen LogP contribution >= 0.6 is 0 Å². The Morgan fingerprint density at radius 3 is 1.68 bits per heavy atom. The standard InChI is InChI=1S/C33H57N/c1-23-8-4-2-5-9-24(10-6-3-7-11-30-31(23)20-32(30)34)29-18-25-14-16-33(17-15-26(25)19-29)21-27-12-13-28(27)22-33/h23-32H,2-22,34H2,1H3/t23?,24-,25?,26?,27?,28?,29?,30?,31?,32?,33?/m1/s1. The minimum Gasteiger partial charge on any atom is -0.327 e. The summed E-state index contributed by atoms with van der Waals surface area (Å²) in [5.41, 5.74) is 7.27. The zero-order valence-electron chi connectivity index (χ0n) is 22.7. The van der Waals surface area contributed by atoms with Crippen molar-refractivity contribution in [3.63, 3.8) is 0 Å². The third-order valence-corrected chi connectivity index (χ3v) is 13.3. The third kappa shape index (κ3) is 4.91. The van der Waals surface area contributed by atoms with Crippen LogP contribution in [0.15, 0.2) is 0 Å². The summed E-state index contributed by atoms with van der Waals surface area (Å²) in [6.07, 6.45) is 32.3. The maximum Gasteiger partial charge on any atom is 0.00727 e. The number of hydrogen-bond acceptors (Lipinski definition) is 1. The average molecular weight is 468 g/mol. The van der Waals surface area contributed by atoms with Crippen molar-refractivity contribution < 1.29 is 0 Å². The molecule has 0 radical (unpaired) electrons. The van der Waals surface area contributed by atoms with Crippen molar-refractivity contribution in [1.82, 2.24) is 0 Å². The molecule has 0 heterocycles. The van der Waals surface area contributed by atoms with Crippen molar-refractivity contribution in [3.8, 4) is 0 Å². The molecule has 1 nitrogen and oxygen atoms in total. The lowest BCUT2D eigenvalue weighted by Gasteiger charge is -2.46. The fraction of sp³-hybridized carbons (Fsp3) is 1.00. The lowest BCUT2D eigenvalue weighted by molar-refractivity contribution is 0.0658. The van der Waals surface area contributed by atoms with E-state index in [4.69, 9.17) is 5.73 Å². The Morgan fingerprint density at radius 2 is 1.09 bits per heavy atom. The highest BCUT2D eigenvalue weighted by molar-refractivity contribution is 5.02. The van der Waals surface area contributed by atoms with Crippen LogP contribution in [0.3, 0.4) is 0 Å². The van der Waals surface area contributed by atoms with Gasteiger partial charge in [0.15, 0.2) is 0 Å². The maximum atomic E-state index is 6.46. The molecule has 0 bridgehead atoms. The summed E-state index contributed by atoms with van der Waals surface area (Å²) in [4.78, 5) is 0. The van der Waals surface area contributed by atoms with Crippen LogP contribution in [0.1, 0.15) is 142 Å². The molecule has 6 aliphatic rings. The van der Waals surface area contributed by atoms with E-state index >= 15 is 0 Å². The van der Waals surface area contributed by atoms with Gasteiger partial charge in [0.1, 0.15) is 0 Å². The molecule has 0 aromatic rings. The second kappa shape index (κ2) is 10.4. The molecule has 6 saturated carbocycles. The van der Waals surface area contributed by atoms with Crippen molar-refractivity contribution in [3.05, 3.63) is 0 Å². The van der Waals surface area contributed by atoms with E-state index in [2.05, 4.69) is 6.92 Å². The van der Waals surface area contributed by atoms with E-state index in [1.165, 1.54) is 57.8 Å². The molecule has 0 aromatic heterocycles. The molecule has 194 valence electrons. The quantitative estimate of drug-likeness (QED) is 0.408. The van der Waals surface area contributed by atoms with E-state index in [9.17, 15) is 0 Å². The van der Waals surface area contributed by atoms with Gasteiger partial charge >= 0.3 is 0 Å². The Balaban J connectivity index is 1.02. The zero-order valence-corrected chi connectivity index (χ0v) is 22.7. The molecule has 0 amide bonds. The first-order chi connectivity index (χ1) is 16.6. The van der Waals surface area contributed by atoms with Crippen LogP contribution in [0, 0.1) is 58.7 Å². The average Bonchev–Trinajstić information content (AvgIpc) is 3.28. The molecule has 6 rings (SSSR count). The highest BCUT2D eigenvalue weighted by Gasteiger charge is 2.51. The highest BCUT2D eigenvalue weighted by Crippen LogP contribution is 2.62. The molecule has 8 unspecified atom stereocenters. The van der Waals surface area contributed by atoms with Gasteiger partial charge in [-0.05, 0) is 136 Å². The van der Waals surface area contributed by atoms with E-state index < -0.39 is 0 Å². The van der Waals surface area contributed by atoms with Crippen molar-refractivity contribution >= 4 is 0 Å². The van der Waals surface area contributed by atoms with Crippen LogP contribution in [0.25, 0.3) is 0 Å². The van der Waals surface area contributed by atoms with E-state index in [0.717, 1.165) is 58.7 Å². The van der Waals surface area contributed by atoms with Gasteiger partial charge in [-0.25, -0.2) is 0 Å². The summed E-state index contributed by atoms with van der Waals surface area (Å²) in [5, 5.41) is 0. The Morgan fingerprint density at radius 1 is 0.500 bits per heavy atom. The van der Waals surface area contributed by atoms with Gasteiger partial charge in [-0.3, -0.25) is 0 Å². The first kappa shape index (κ1) is 24.3. The molecular formula is C33H57N. The summed E-state index contributed by atoms with van der Waals surface area (Å²) in [7, 11) is 0. The Kier molecular flexibility index (Phi) is 7.42. The van der Waals surface area contributed by atoms with Gasteiger partial charge in [0.2, 0.25) is 0 Å². The lowest BCUT2D eigenvalue weighted by Crippen LogP contribution is -2.49. The lowest BCUT2D eigenvalue weighted by atomic mass is 9.61. The number of fused-ring (bicyclic) bond motifs is 3. The highest BCUT2D eigenvalue weighted by atomic mass is 14.7. The number of rotatable bonds is 1. The zero-order chi connectivity index (χ0) is 23.1. The van der Waals surface area contributed by atoms with E-state index in [1.807, 2.05) is 0 Å². The van der Waals surface area contributed by atoms with E-state index in [-0.39, 0.29) is 0 Å². The Bertz CT molecular complexity index is 639. The van der Waals surface area contributed by atoms with Gasteiger partial charge in [-0.2, -0.15) is 0 Å². The summed E-state index contributed by atoms with van der Waals surface area (Å²) < 4.78 is 0. The topological polar surface area (TPSA) is 26.0 Å². The van der Waals surface area contributed by atoms with Gasteiger partial charge in [-0.1, -0.05) is 64.7 Å². The third-order valence-electron chi connectivity index (χ3n) is 13.3. The van der Waals surface area contributed by atoms with Crippen LogP contribution in [-0.4, -0.2) is 6.04 Å². The molecule has 1 heteroatoms. The predicted molar refractivity (Wildman–Crippen MR) is 144 cm³/mol. The number of nitrogens with two attached hydrogens (primary N) is 1. The molecule has 0 saturated heterocycles. The van der Waals surface area contributed by atoms with Crippen LogP contribution in [-0.2, 0) is 0 Å². The summed E-state index contributed by atoms with van der Waals surface area (Å²) in [6, 6.07) is 0.526. The second-order valence-corrected chi connectivity index (χ2v) is 15.1. The first-order valence-electron chi connectivity index (χ1n) is 16.4. The summed E-state index contributed by atoms with van der Waals surface area (Å²) in [6.45, 7) is 2.54. The molecule has 0 aliphatic heterocycles. The molecular weight excluding hydrogens is 410 g/mol. The van der Waals surface area contributed by atoms with Crippen molar-refractivity contribution in [2.75, 3.05) is 0 Å². The largest absolute Gasteiger partial charge is 0.327 e. The molecule has 1 spiro atoms. The molecule has 2 N–H and O–H groups in total. The summed E-state index contributed by atoms with van der Waals surface area (Å²) in [5.74, 6) is 9.39. The van der Waals surface area contributed by atoms with Crippen molar-refractivity contribution in [2.45, 2.75) is 148 Å². The van der Waals surface area contributed by atoms with Crippen molar-refractivity contribution in [2.24, 2.45) is 64.4 Å². The van der Waals surface area contributed by atoms with Gasteiger partial charge in [0, 0.05) is 6.04 Å². The smallest absolute Gasteiger partial charge is 0.00727 e. The van der Waals surface area contributed by atoms with Crippen LogP contribution in [0.5, 0.6) is 0 Å². The maximum absolute atomic E-state index is 6.46. The number of hydrogen-bond donors (Lipinski definition) is 1. The van der Waals surface area contributed by atoms with E-state index in [1.54, 1.807) is 77.0 Å². The Hall–Kier alpha value is -0.0400. The van der Waals surface area contributed by atoms with E-state index in [0.29, 0.717) is 6.04 Å². The second-order valence-electron chi connectivity index (χ2n) is 15.1. The fourth-order valence-corrected chi connectivity index (χ4v) is 10.9. The van der Waals surface area contributed by atoms with Crippen LogP contribution < -0.4 is 5.73 Å². The summed E-state index contributed by atoms with van der Waals surface area (Å²) >= 11 is 0. The van der Waals surface area contributed by atoms with Gasteiger partial charge in [-0.15, -0.1) is 0 Å². The molecule has 6 fully saturated rings. The normalized spacial score (nSPS) is 52.4. The van der Waals surface area contributed by atoms with Crippen LogP contribution in [0.2, 0.25) is 0 Å².